The molecule has 1 aromatic carbocycles. The van der Waals surface area contributed by atoms with E-state index in [1.54, 1.807) is 0 Å². The van der Waals surface area contributed by atoms with Gasteiger partial charge in [0.05, 0.1) is 11.3 Å². The summed E-state index contributed by atoms with van der Waals surface area (Å²) in [6.45, 7) is -0.172. The van der Waals surface area contributed by atoms with Crippen molar-refractivity contribution >= 4 is 17.7 Å². The minimum absolute atomic E-state index is 0.0380. The number of carbonyl (C=O) groups excluding carboxylic acids is 2. The fourth-order valence-electron chi connectivity index (χ4n) is 2.35. The number of carbonyl (C=O) groups is 2. The summed E-state index contributed by atoms with van der Waals surface area (Å²) in [4.78, 5) is 28.1. The van der Waals surface area contributed by atoms with Crippen LogP contribution in [0, 0.1) is 5.82 Å². The molecule has 0 radical (unpaired) electrons. The fourth-order valence-corrected chi connectivity index (χ4v) is 2.35. The highest BCUT2D eigenvalue weighted by atomic mass is 19.4. The van der Waals surface area contributed by atoms with E-state index in [-0.39, 0.29) is 23.9 Å². The average molecular weight is 399 g/mol. The zero-order chi connectivity index (χ0) is 20.5. The smallest absolute Gasteiger partial charge is 0.417 e. The Morgan fingerprint density at radius 3 is 2.64 bits per heavy atom. The van der Waals surface area contributed by atoms with Crippen molar-refractivity contribution in [2.24, 2.45) is 0 Å². The number of nitrogens with zero attached hydrogens (tertiary/aromatic N) is 2. The van der Waals surface area contributed by atoms with Gasteiger partial charge >= 0.3 is 12.3 Å². The molecular formula is C17H13F4N3O4. The van der Waals surface area contributed by atoms with Crippen molar-refractivity contribution in [2.75, 3.05) is 19.0 Å². The van der Waals surface area contributed by atoms with Crippen molar-refractivity contribution in [1.82, 2.24) is 9.88 Å². The first-order valence-corrected chi connectivity index (χ1v) is 7.86. The number of nitrogens with one attached hydrogen (secondary N) is 1. The SMILES string of the molecule is CN1C(=O)OC[C@H]1C(=O)Nc1cc(Oc2ccc(C(F)(F)F)cn2)ccc1F. The number of amides is 2. The molecule has 7 nitrogen and oxygen atoms in total. The molecular weight excluding hydrogens is 386 g/mol. The van der Waals surface area contributed by atoms with Gasteiger partial charge in [-0.2, -0.15) is 13.2 Å². The maximum absolute atomic E-state index is 14.0. The molecule has 1 N–H and O–H groups in total. The third-order valence-corrected chi connectivity index (χ3v) is 3.90. The number of alkyl halides is 3. The number of likely N-dealkylation sites (N-methyl/N-ethyl adjacent to an activating group) is 1. The van der Waals surface area contributed by atoms with Gasteiger partial charge in [-0.1, -0.05) is 0 Å². The molecule has 1 atom stereocenters. The Hall–Kier alpha value is -3.37. The van der Waals surface area contributed by atoms with Crippen LogP contribution in [0.25, 0.3) is 0 Å². The van der Waals surface area contributed by atoms with Gasteiger partial charge in [-0.15, -0.1) is 0 Å². The van der Waals surface area contributed by atoms with Crippen LogP contribution in [0.3, 0.4) is 0 Å². The van der Waals surface area contributed by atoms with Crippen molar-refractivity contribution in [3.8, 4) is 11.6 Å². The Balaban J connectivity index is 1.73. The molecule has 1 aliphatic rings. The summed E-state index contributed by atoms with van der Waals surface area (Å²) >= 11 is 0. The lowest BCUT2D eigenvalue weighted by atomic mass is 10.2. The molecule has 0 spiro atoms. The molecule has 0 aliphatic carbocycles. The van der Waals surface area contributed by atoms with Crippen molar-refractivity contribution in [1.29, 1.82) is 0 Å². The van der Waals surface area contributed by atoms with Crippen LogP contribution < -0.4 is 10.1 Å². The van der Waals surface area contributed by atoms with E-state index in [1.165, 1.54) is 13.1 Å². The van der Waals surface area contributed by atoms with Crippen molar-refractivity contribution < 1.29 is 36.6 Å². The van der Waals surface area contributed by atoms with Gasteiger partial charge in [0.25, 0.3) is 5.91 Å². The van der Waals surface area contributed by atoms with E-state index >= 15 is 0 Å². The van der Waals surface area contributed by atoms with Crippen LogP contribution >= 0.6 is 0 Å². The summed E-state index contributed by atoms with van der Waals surface area (Å²) in [6.07, 6.45) is -4.60. The van der Waals surface area contributed by atoms with Crippen LogP contribution in [0.2, 0.25) is 0 Å². The lowest BCUT2D eigenvalue weighted by Crippen LogP contribution is -2.40. The largest absolute Gasteiger partial charge is 0.447 e. The predicted octanol–water partition coefficient (Wildman–Crippen LogP) is 3.42. The van der Waals surface area contributed by atoms with Crippen molar-refractivity contribution in [3.05, 3.63) is 47.9 Å². The lowest BCUT2D eigenvalue weighted by molar-refractivity contribution is -0.137. The van der Waals surface area contributed by atoms with Gasteiger partial charge in [0.2, 0.25) is 5.88 Å². The van der Waals surface area contributed by atoms with Gasteiger partial charge in [-0.25, -0.2) is 14.2 Å². The highest BCUT2D eigenvalue weighted by molar-refractivity contribution is 5.97. The Kier molecular flexibility index (Phi) is 5.08. The molecule has 1 aromatic heterocycles. The number of rotatable bonds is 4. The second-order valence-electron chi connectivity index (χ2n) is 5.82. The number of anilines is 1. The van der Waals surface area contributed by atoms with Crippen molar-refractivity contribution in [2.45, 2.75) is 12.2 Å². The van der Waals surface area contributed by atoms with Crippen molar-refractivity contribution in [3.63, 3.8) is 0 Å². The number of ether oxygens (including phenoxy) is 2. The van der Waals surface area contributed by atoms with E-state index in [1.807, 2.05) is 0 Å². The van der Waals surface area contributed by atoms with Crippen LogP contribution in [0.5, 0.6) is 11.6 Å². The summed E-state index contributed by atoms with van der Waals surface area (Å²) < 4.78 is 61.7. The second-order valence-corrected chi connectivity index (χ2v) is 5.82. The Morgan fingerprint density at radius 2 is 2.07 bits per heavy atom. The van der Waals surface area contributed by atoms with E-state index in [0.717, 1.165) is 29.2 Å². The van der Waals surface area contributed by atoms with Crippen LogP contribution in [0.1, 0.15) is 5.56 Å². The molecule has 11 heteroatoms. The second kappa shape index (κ2) is 7.33. The van der Waals surface area contributed by atoms with Crippen LogP contribution in [0.4, 0.5) is 28.0 Å². The average Bonchev–Trinajstić information content (AvgIpc) is 2.97. The van der Waals surface area contributed by atoms with Gasteiger partial charge in [-0.3, -0.25) is 9.69 Å². The topological polar surface area (TPSA) is 80.8 Å². The number of hydrogen-bond donors (Lipinski definition) is 1. The zero-order valence-corrected chi connectivity index (χ0v) is 14.3. The van der Waals surface area contributed by atoms with E-state index in [4.69, 9.17) is 9.47 Å². The first-order valence-electron chi connectivity index (χ1n) is 7.86. The molecule has 2 aromatic rings. The summed E-state index contributed by atoms with van der Waals surface area (Å²) in [5, 5.41) is 2.32. The van der Waals surface area contributed by atoms with Gasteiger partial charge in [0.15, 0.2) is 0 Å². The third kappa shape index (κ3) is 4.13. The summed E-state index contributed by atoms with van der Waals surface area (Å²) in [6, 6.07) is 4.26. The first-order chi connectivity index (χ1) is 13.1. The number of aromatic nitrogens is 1. The quantitative estimate of drug-likeness (QED) is 0.797. The molecule has 1 fully saturated rings. The maximum atomic E-state index is 14.0. The summed E-state index contributed by atoms with van der Waals surface area (Å²) in [7, 11) is 1.37. The van der Waals surface area contributed by atoms with Gasteiger partial charge < -0.3 is 14.8 Å². The number of pyridine rings is 1. The summed E-state index contributed by atoms with van der Waals surface area (Å²) in [5.41, 5.74) is -1.17. The number of halogens is 4. The van der Waals surface area contributed by atoms with E-state index < -0.39 is 35.6 Å². The number of cyclic esters (lactones) is 1. The predicted molar refractivity (Wildman–Crippen MR) is 87.2 cm³/mol. The number of hydrogen-bond acceptors (Lipinski definition) is 5. The molecule has 148 valence electrons. The number of benzene rings is 1. The highest BCUT2D eigenvalue weighted by Gasteiger charge is 2.35. The highest BCUT2D eigenvalue weighted by Crippen LogP contribution is 2.31. The zero-order valence-electron chi connectivity index (χ0n) is 14.3. The van der Waals surface area contributed by atoms with Gasteiger partial charge in [0, 0.05) is 25.4 Å². The molecule has 0 unspecified atom stereocenters. The minimum atomic E-state index is -4.53. The molecule has 0 saturated carbocycles. The molecule has 3 rings (SSSR count). The van der Waals surface area contributed by atoms with Crippen LogP contribution in [-0.2, 0) is 15.7 Å². The monoisotopic (exact) mass is 399 g/mol. The fraction of sp³-hybridized carbons (Fsp3) is 0.235. The minimum Gasteiger partial charge on any atom is -0.447 e. The molecule has 2 heterocycles. The lowest BCUT2D eigenvalue weighted by Gasteiger charge is -2.16. The molecule has 0 bridgehead atoms. The molecule has 2 amide bonds. The maximum Gasteiger partial charge on any atom is 0.417 e. The van der Waals surface area contributed by atoms with E-state index in [9.17, 15) is 27.2 Å². The molecule has 1 aliphatic heterocycles. The normalized spacial score (nSPS) is 16.7. The Morgan fingerprint density at radius 1 is 1.32 bits per heavy atom. The standard InChI is InChI=1S/C17H13F4N3O4/c1-24-13(8-27-16(24)26)15(25)23-12-6-10(3-4-11(12)18)28-14-5-2-9(7-22-14)17(19,20)21/h2-7,13H,8H2,1H3,(H,23,25)/t13-/m0/s1. The van der Waals surface area contributed by atoms with Gasteiger partial charge in [-0.05, 0) is 18.2 Å². The van der Waals surface area contributed by atoms with E-state index in [2.05, 4.69) is 10.3 Å². The summed E-state index contributed by atoms with van der Waals surface area (Å²) in [5.74, 6) is -1.55. The Bertz CT molecular complexity index is 902. The molecule has 28 heavy (non-hydrogen) atoms. The first kappa shape index (κ1) is 19.4. The molecule has 1 saturated heterocycles. The van der Waals surface area contributed by atoms with Gasteiger partial charge in [0.1, 0.15) is 24.2 Å². The van der Waals surface area contributed by atoms with Crippen LogP contribution in [0.15, 0.2) is 36.5 Å². The Labute approximate surface area is 155 Å². The van der Waals surface area contributed by atoms with Crippen LogP contribution in [-0.4, -0.2) is 41.6 Å². The van der Waals surface area contributed by atoms with E-state index in [0.29, 0.717) is 6.20 Å². The third-order valence-electron chi connectivity index (χ3n) is 3.90.